The van der Waals surface area contributed by atoms with E-state index in [9.17, 15) is 5.11 Å². The molecular weight excluding hydrogens is 248 g/mol. The van der Waals surface area contributed by atoms with Crippen LogP contribution in [0.5, 0.6) is 0 Å². The highest BCUT2D eigenvalue weighted by atomic mass is 16.3. The van der Waals surface area contributed by atoms with Crippen molar-refractivity contribution in [3.8, 4) is 0 Å². The van der Waals surface area contributed by atoms with E-state index in [1.54, 1.807) is 0 Å². The lowest BCUT2D eigenvalue weighted by molar-refractivity contribution is 0.0158. The van der Waals surface area contributed by atoms with Crippen LogP contribution >= 0.6 is 0 Å². The van der Waals surface area contributed by atoms with Gasteiger partial charge in [-0.05, 0) is 29.2 Å². The van der Waals surface area contributed by atoms with E-state index in [2.05, 4.69) is 17.4 Å². The molecule has 3 unspecified atom stereocenters. The molecule has 0 radical (unpaired) electrons. The van der Waals surface area contributed by atoms with Gasteiger partial charge in [0.2, 0.25) is 0 Å². The van der Waals surface area contributed by atoms with E-state index in [1.165, 1.54) is 5.56 Å². The van der Waals surface area contributed by atoms with Crippen molar-refractivity contribution >= 4 is 5.69 Å². The molecular formula is C17H18N2O. The maximum atomic E-state index is 11.2. The highest BCUT2D eigenvalue weighted by Crippen LogP contribution is 2.47. The molecule has 0 saturated heterocycles. The predicted octanol–water partition coefficient (Wildman–Crippen LogP) is 2.31. The Balaban J connectivity index is 1.74. The maximum Gasteiger partial charge on any atom is 0.112 e. The van der Waals surface area contributed by atoms with E-state index in [-0.39, 0.29) is 12.1 Å². The smallest absolute Gasteiger partial charge is 0.112 e. The number of nitrogens with two attached hydrogens (primary N) is 1. The van der Waals surface area contributed by atoms with Gasteiger partial charge in [0, 0.05) is 18.2 Å². The Kier molecular flexibility index (Phi) is 2.43. The van der Waals surface area contributed by atoms with E-state index >= 15 is 0 Å². The van der Waals surface area contributed by atoms with Crippen LogP contribution in [-0.4, -0.2) is 11.1 Å². The summed E-state index contributed by atoms with van der Waals surface area (Å²) in [5, 5.41) is 14.7. The molecule has 0 fully saturated rings. The van der Waals surface area contributed by atoms with E-state index < -0.39 is 5.60 Å². The van der Waals surface area contributed by atoms with Crippen molar-refractivity contribution in [2.24, 2.45) is 5.73 Å². The van der Waals surface area contributed by atoms with Crippen LogP contribution in [0.4, 0.5) is 5.69 Å². The number of fused-ring (bicyclic) bond motifs is 2. The molecule has 3 heteroatoms. The van der Waals surface area contributed by atoms with Crippen LogP contribution in [0.15, 0.2) is 48.5 Å². The zero-order valence-electron chi connectivity index (χ0n) is 11.2. The Morgan fingerprint density at radius 2 is 1.85 bits per heavy atom. The average molecular weight is 266 g/mol. The van der Waals surface area contributed by atoms with Gasteiger partial charge in [-0.2, -0.15) is 0 Å². The van der Waals surface area contributed by atoms with Crippen LogP contribution in [0.1, 0.15) is 29.2 Å². The summed E-state index contributed by atoms with van der Waals surface area (Å²) >= 11 is 0. The van der Waals surface area contributed by atoms with Crippen LogP contribution in [0, 0.1) is 0 Å². The maximum absolute atomic E-state index is 11.2. The summed E-state index contributed by atoms with van der Waals surface area (Å²) in [6.07, 6.45) is 1.42. The summed E-state index contributed by atoms with van der Waals surface area (Å²) in [4.78, 5) is 0. The van der Waals surface area contributed by atoms with E-state index in [0.717, 1.165) is 23.2 Å². The second-order valence-corrected chi connectivity index (χ2v) is 5.88. The fourth-order valence-electron chi connectivity index (χ4n) is 3.69. The van der Waals surface area contributed by atoms with Crippen molar-refractivity contribution in [1.29, 1.82) is 0 Å². The molecule has 0 amide bonds. The van der Waals surface area contributed by atoms with Crippen LogP contribution in [0.2, 0.25) is 0 Å². The molecule has 1 heterocycles. The van der Waals surface area contributed by atoms with Gasteiger partial charge in [0.25, 0.3) is 0 Å². The molecule has 4 N–H and O–H groups in total. The lowest BCUT2D eigenvalue weighted by Gasteiger charge is -2.31. The number of para-hydroxylation sites is 1. The first-order valence-electron chi connectivity index (χ1n) is 7.10. The van der Waals surface area contributed by atoms with Crippen molar-refractivity contribution in [1.82, 2.24) is 0 Å². The summed E-state index contributed by atoms with van der Waals surface area (Å²) in [5.41, 5.74) is 9.78. The molecule has 0 aromatic heterocycles. The Bertz CT molecular complexity index is 645. The molecule has 1 aliphatic heterocycles. The predicted molar refractivity (Wildman–Crippen MR) is 79.4 cm³/mol. The van der Waals surface area contributed by atoms with Gasteiger partial charge in [0.05, 0.1) is 6.04 Å². The molecule has 2 aromatic rings. The van der Waals surface area contributed by atoms with Crippen molar-refractivity contribution in [2.75, 3.05) is 5.32 Å². The van der Waals surface area contributed by atoms with Gasteiger partial charge >= 0.3 is 0 Å². The molecule has 2 aromatic carbocycles. The topological polar surface area (TPSA) is 58.3 Å². The number of aliphatic hydroxyl groups is 1. The fourth-order valence-corrected chi connectivity index (χ4v) is 3.69. The minimum absolute atomic E-state index is 0.00500. The average Bonchev–Trinajstić information content (AvgIpc) is 3.01. The second-order valence-electron chi connectivity index (χ2n) is 5.88. The number of benzene rings is 2. The molecule has 0 bridgehead atoms. The molecule has 102 valence electrons. The Morgan fingerprint density at radius 3 is 2.70 bits per heavy atom. The van der Waals surface area contributed by atoms with Crippen molar-refractivity contribution in [3.05, 3.63) is 65.2 Å². The molecule has 20 heavy (non-hydrogen) atoms. The Hall–Kier alpha value is -1.84. The van der Waals surface area contributed by atoms with E-state index in [0.29, 0.717) is 6.42 Å². The molecule has 0 saturated carbocycles. The van der Waals surface area contributed by atoms with Gasteiger partial charge < -0.3 is 16.2 Å². The zero-order chi connectivity index (χ0) is 13.7. The third kappa shape index (κ3) is 1.54. The number of hydrogen-bond donors (Lipinski definition) is 3. The van der Waals surface area contributed by atoms with Gasteiger partial charge in [-0.3, -0.25) is 0 Å². The van der Waals surface area contributed by atoms with Crippen LogP contribution < -0.4 is 11.1 Å². The first-order chi connectivity index (χ1) is 9.68. The number of anilines is 1. The third-order valence-electron chi connectivity index (χ3n) is 4.71. The minimum atomic E-state index is -0.880. The van der Waals surface area contributed by atoms with Crippen molar-refractivity contribution < 1.29 is 5.11 Å². The summed E-state index contributed by atoms with van der Waals surface area (Å²) in [6, 6.07) is 16.2. The first-order valence-corrected chi connectivity index (χ1v) is 7.10. The van der Waals surface area contributed by atoms with Gasteiger partial charge in [0.1, 0.15) is 5.60 Å². The lowest BCUT2D eigenvalue weighted by atomic mass is 9.86. The zero-order valence-corrected chi connectivity index (χ0v) is 11.2. The Labute approximate surface area is 118 Å². The lowest BCUT2D eigenvalue weighted by Crippen LogP contribution is -2.42. The standard InChI is InChI=1S/C17H18N2O/c18-14-10-17(20,13-7-3-2-6-12(13)14)16-9-11-5-1-4-8-15(11)19-16/h1-8,14,16,19-20H,9-10,18H2. The summed E-state index contributed by atoms with van der Waals surface area (Å²) < 4.78 is 0. The van der Waals surface area contributed by atoms with Crippen LogP contribution in [-0.2, 0) is 12.0 Å². The fraction of sp³-hybridized carbons (Fsp3) is 0.294. The third-order valence-corrected chi connectivity index (χ3v) is 4.71. The number of rotatable bonds is 1. The van der Waals surface area contributed by atoms with Gasteiger partial charge in [0.15, 0.2) is 0 Å². The van der Waals surface area contributed by atoms with Gasteiger partial charge in [-0.1, -0.05) is 42.5 Å². The quantitative estimate of drug-likeness (QED) is 0.742. The number of nitrogens with one attached hydrogen (secondary N) is 1. The molecule has 3 nitrogen and oxygen atoms in total. The second kappa shape index (κ2) is 4.08. The molecule has 2 aliphatic rings. The Morgan fingerprint density at radius 1 is 1.10 bits per heavy atom. The van der Waals surface area contributed by atoms with Crippen molar-refractivity contribution in [2.45, 2.75) is 30.5 Å². The monoisotopic (exact) mass is 266 g/mol. The highest BCUT2D eigenvalue weighted by Gasteiger charge is 2.48. The SMILES string of the molecule is NC1CC(O)(C2Cc3ccccc3N2)c2ccccc21. The van der Waals surface area contributed by atoms with E-state index in [1.807, 2.05) is 36.4 Å². The minimum Gasteiger partial charge on any atom is -0.383 e. The largest absolute Gasteiger partial charge is 0.383 e. The van der Waals surface area contributed by atoms with Crippen molar-refractivity contribution in [3.63, 3.8) is 0 Å². The number of hydrogen-bond acceptors (Lipinski definition) is 3. The normalized spacial score (nSPS) is 30.7. The van der Waals surface area contributed by atoms with E-state index in [4.69, 9.17) is 5.73 Å². The molecule has 3 atom stereocenters. The molecule has 0 spiro atoms. The van der Waals surface area contributed by atoms with Crippen LogP contribution in [0.25, 0.3) is 0 Å². The van der Waals surface area contributed by atoms with Crippen LogP contribution in [0.3, 0.4) is 0 Å². The summed E-state index contributed by atoms with van der Waals surface area (Å²) in [6.45, 7) is 0. The first kappa shape index (κ1) is 11.9. The molecule has 1 aliphatic carbocycles. The van der Waals surface area contributed by atoms with Gasteiger partial charge in [-0.25, -0.2) is 0 Å². The summed E-state index contributed by atoms with van der Waals surface area (Å²) in [5.74, 6) is 0. The summed E-state index contributed by atoms with van der Waals surface area (Å²) in [7, 11) is 0. The highest BCUT2D eigenvalue weighted by molar-refractivity contribution is 5.59. The molecule has 4 rings (SSSR count). The van der Waals surface area contributed by atoms with Gasteiger partial charge in [-0.15, -0.1) is 0 Å².